The number of carbonyl (C=O) groups is 1. The van der Waals surface area contributed by atoms with Gasteiger partial charge in [0.2, 0.25) is 5.91 Å². The minimum absolute atomic E-state index is 0.00807. The van der Waals surface area contributed by atoms with Gasteiger partial charge in [0.1, 0.15) is 6.04 Å². The fourth-order valence-corrected chi connectivity index (χ4v) is 1.26. The molecule has 0 radical (unpaired) electrons. The first-order valence-electron chi connectivity index (χ1n) is 5.10. The number of hydrogen-bond acceptors (Lipinski definition) is 3. The second-order valence-corrected chi connectivity index (χ2v) is 3.45. The Morgan fingerprint density at radius 3 is 2.93 bits per heavy atom. The minimum atomic E-state index is -0.231. The maximum Gasteiger partial charge on any atom is 0.242 e. The zero-order chi connectivity index (χ0) is 11.3. The van der Waals surface area contributed by atoms with Crippen LogP contribution in [0.15, 0.2) is 18.5 Å². The zero-order valence-corrected chi connectivity index (χ0v) is 9.37. The average molecular weight is 207 g/mol. The van der Waals surface area contributed by atoms with E-state index in [2.05, 4.69) is 15.6 Å². The second-order valence-electron chi connectivity index (χ2n) is 3.45. The molecular formula is C11H17N3O. The summed E-state index contributed by atoms with van der Waals surface area (Å²) in [6.45, 7) is 6.35. The highest BCUT2D eigenvalue weighted by atomic mass is 16.2. The summed E-state index contributed by atoms with van der Waals surface area (Å²) in [6.07, 6.45) is 3.48. The molecule has 0 saturated carbocycles. The van der Waals surface area contributed by atoms with E-state index in [1.807, 2.05) is 26.8 Å². The van der Waals surface area contributed by atoms with Gasteiger partial charge in [-0.1, -0.05) is 0 Å². The van der Waals surface area contributed by atoms with Crippen LogP contribution in [0, 0.1) is 6.92 Å². The monoisotopic (exact) mass is 207 g/mol. The SMILES string of the molecule is CCNC(=O)C(C)Nc1ccncc1C. The second kappa shape index (κ2) is 5.34. The Kier molecular flexibility index (Phi) is 4.09. The zero-order valence-electron chi connectivity index (χ0n) is 9.37. The maximum atomic E-state index is 11.5. The fraction of sp³-hybridized carbons (Fsp3) is 0.455. The number of nitrogens with one attached hydrogen (secondary N) is 2. The Hall–Kier alpha value is -1.58. The fourth-order valence-electron chi connectivity index (χ4n) is 1.26. The predicted octanol–water partition coefficient (Wildman–Crippen LogP) is 1.33. The maximum absolute atomic E-state index is 11.5. The third-order valence-corrected chi connectivity index (χ3v) is 2.14. The molecule has 0 aliphatic carbocycles. The molecule has 0 fully saturated rings. The Balaban J connectivity index is 2.62. The van der Waals surface area contributed by atoms with Crippen molar-refractivity contribution < 1.29 is 4.79 Å². The lowest BCUT2D eigenvalue weighted by atomic mass is 10.2. The van der Waals surface area contributed by atoms with E-state index in [0.29, 0.717) is 6.54 Å². The summed E-state index contributed by atoms with van der Waals surface area (Å²) < 4.78 is 0. The first-order chi connectivity index (χ1) is 7.15. The molecule has 15 heavy (non-hydrogen) atoms. The van der Waals surface area contributed by atoms with Crippen LogP contribution >= 0.6 is 0 Å². The number of aromatic nitrogens is 1. The van der Waals surface area contributed by atoms with Gasteiger partial charge in [-0.15, -0.1) is 0 Å². The Labute approximate surface area is 90.1 Å². The number of pyridine rings is 1. The van der Waals surface area contributed by atoms with Crippen LogP contribution in [0.25, 0.3) is 0 Å². The van der Waals surface area contributed by atoms with Crippen LogP contribution in [0.5, 0.6) is 0 Å². The Bertz CT molecular complexity index is 338. The van der Waals surface area contributed by atoms with E-state index in [-0.39, 0.29) is 11.9 Å². The van der Waals surface area contributed by atoms with Gasteiger partial charge in [0.15, 0.2) is 0 Å². The third kappa shape index (κ3) is 3.23. The van der Waals surface area contributed by atoms with Crippen molar-refractivity contribution in [3.05, 3.63) is 24.0 Å². The van der Waals surface area contributed by atoms with E-state index < -0.39 is 0 Å². The lowest BCUT2D eigenvalue weighted by molar-refractivity contribution is -0.121. The van der Waals surface area contributed by atoms with Crippen LogP contribution in [0.3, 0.4) is 0 Å². The summed E-state index contributed by atoms with van der Waals surface area (Å²) in [6, 6.07) is 1.64. The number of carbonyl (C=O) groups excluding carboxylic acids is 1. The highest BCUT2D eigenvalue weighted by Gasteiger charge is 2.11. The lowest BCUT2D eigenvalue weighted by Gasteiger charge is -2.15. The average Bonchev–Trinajstić information content (AvgIpc) is 2.21. The number of hydrogen-bond donors (Lipinski definition) is 2. The van der Waals surface area contributed by atoms with Crippen LogP contribution in [-0.4, -0.2) is 23.5 Å². The third-order valence-electron chi connectivity index (χ3n) is 2.14. The first-order valence-corrected chi connectivity index (χ1v) is 5.10. The molecule has 0 aliphatic heterocycles. The first kappa shape index (κ1) is 11.5. The summed E-state index contributed by atoms with van der Waals surface area (Å²) in [5.74, 6) is 0.00807. The van der Waals surface area contributed by atoms with Gasteiger partial charge in [0.25, 0.3) is 0 Å². The molecule has 0 bridgehead atoms. The van der Waals surface area contributed by atoms with Gasteiger partial charge >= 0.3 is 0 Å². The number of anilines is 1. The molecule has 1 amide bonds. The van der Waals surface area contributed by atoms with Crippen molar-refractivity contribution in [3.8, 4) is 0 Å². The normalized spacial score (nSPS) is 11.9. The van der Waals surface area contributed by atoms with Crippen molar-refractivity contribution in [1.29, 1.82) is 0 Å². The van der Waals surface area contributed by atoms with Crippen molar-refractivity contribution in [2.24, 2.45) is 0 Å². The Morgan fingerprint density at radius 1 is 1.60 bits per heavy atom. The number of likely N-dealkylation sites (N-methyl/N-ethyl adjacent to an activating group) is 1. The molecule has 1 aromatic heterocycles. The van der Waals surface area contributed by atoms with E-state index in [0.717, 1.165) is 11.3 Å². The summed E-state index contributed by atoms with van der Waals surface area (Å²) in [7, 11) is 0. The molecule has 82 valence electrons. The molecule has 1 aromatic rings. The minimum Gasteiger partial charge on any atom is -0.374 e. The van der Waals surface area contributed by atoms with E-state index in [1.165, 1.54) is 0 Å². The molecule has 1 rings (SSSR count). The Morgan fingerprint density at radius 2 is 2.33 bits per heavy atom. The van der Waals surface area contributed by atoms with E-state index in [1.54, 1.807) is 12.4 Å². The molecule has 1 heterocycles. The van der Waals surface area contributed by atoms with Crippen molar-refractivity contribution in [1.82, 2.24) is 10.3 Å². The van der Waals surface area contributed by atoms with Crippen LogP contribution < -0.4 is 10.6 Å². The largest absolute Gasteiger partial charge is 0.374 e. The standard InChI is InChI=1S/C11H17N3O/c1-4-13-11(15)9(3)14-10-5-6-12-7-8(10)2/h5-7,9H,4H2,1-3H3,(H,12,14)(H,13,15). The molecule has 0 spiro atoms. The highest BCUT2D eigenvalue weighted by Crippen LogP contribution is 2.12. The molecule has 1 unspecified atom stereocenters. The van der Waals surface area contributed by atoms with Crippen LogP contribution in [0.4, 0.5) is 5.69 Å². The van der Waals surface area contributed by atoms with E-state index >= 15 is 0 Å². The smallest absolute Gasteiger partial charge is 0.242 e. The van der Waals surface area contributed by atoms with Crippen molar-refractivity contribution in [2.45, 2.75) is 26.8 Å². The number of nitrogens with zero attached hydrogens (tertiary/aromatic N) is 1. The predicted molar refractivity (Wildman–Crippen MR) is 60.7 cm³/mol. The molecule has 0 saturated heterocycles. The van der Waals surface area contributed by atoms with Crippen molar-refractivity contribution in [3.63, 3.8) is 0 Å². The summed E-state index contributed by atoms with van der Waals surface area (Å²) in [5.41, 5.74) is 1.98. The van der Waals surface area contributed by atoms with Crippen molar-refractivity contribution >= 4 is 11.6 Å². The van der Waals surface area contributed by atoms with Crippen molar-refractivity contribution in [2.75, 3.05) is 11.9 Å². The molecule has 4 heteroatoms. The van der Waals surface area contributed by atoms with E-state index in [9.17, 15) is 4.79 Å². The molecule has 0 aliphatic rings. The molecule has 0 aromatic carbocycles. The quantitative estimate of drug-likeness (QED) is 0.783. The van der Waals surface area contributed by atoms with E-state index in [4.69, 9.17) is 0 Å². The number of aryl methyl sites for hydroxylation is 1. The van der Waals surface area contributed by atoms with Gasteiger partial charge in [0, 0.05) is 24.6 Å². The van der Waals surface area contributed by atoms with Gasteiger partial charge in [-0.05, 0) is 32.4 Å². The molecule has 2 N–H and O–H groups in total. The number of amides is 1. The topological polar surface area (TPSA) is 54.0 Å². The summed E-state index contributed by atoms with van der Waals surface area (Å²) in [4.78, 5) is 15.5. The highest BCUT2D eigenvalue weighted by molar-refractivity contribution is 5.84. The van der Waals surface area contributed by atoms with Gasteiger partial charge in [-0.3, -0.25) is 9.78 Å². The van der Waals surface area contributed by atoms with Crippen LogP contribution in [0.1, 0.15) is 19.4 Å². The summed E-state index contributed by atoms with van der Waals surface area (Å²) >= 11 is 0. The van der Waals surface area contributed by atoms with Gasteiger partial charge in [-0.25, -0.2) is 0 Å². The van der Waals surface area contributed by atoms with Crippen LogP contribution in [0.2, 0.25) is 0 Å². The molecule has 1 atom stereocenters. The van der Waals surface area contributed by atoms with Crippen LogP contribution in [-0.2, 0) is 4.79 Å². The van der Waals surface area contributed by atoms with Gasteiger partial charge < -0.3 is 10.6 Å². The lowest BCUT2D eigenvalue weighted by Crippen LogP contribution is -2.37. The van der Waals surface area contributed by atoms with Gasteiger partial charge in [-0.2, -0.15) is 0 Å². The summed E-state index contributed by atoms with van der Waals surface area (Å²) in [5, 5.41) is 5.91. The molecular weight excluding hydrogens is 190 g/mol. The molecule has 4 nitrogen and oxygen atoms in total. The van der Waals surface area contributed by atoms with Gasteiger partial charge in [0.05, 0.1) is 0 Å². The number of rotatable bonds is 4.